The number of hydrogen-bond donors (Lipinski definition) is 3. The summed E-state index contributed by atoms with van der Waals surface area (Å²) < 4.78 is 31.1. The van der Waals surface area contributed by atoms with Gasteiger partial charge in [0.15, 0.2) is 0 Å². The molecule has 0 aliphatic carbocycles. The molecule has 0 heterocycles. The van der Waals surface area contributed by atoms with Crippen LogP contribution in [0.25, 0.3) is 0 Å². The van der Waals surface area contributed by atoms with E-state index in [1.54, 1.807) is 0 Å². The average Bonchev–Trinajstić information content (AvgIpc) is 2.13. The van der Waals surface area contributed by atoms with Gasteiger partial charge in [0.1, 0.15) is 0 Å². The van der Waals surface area contributed by atoms with E-state index in [1.807, 2.05) is 0 Å². The quantitative estimate of drug-likeness (QED) is 0.472. The van der Waals surface area contributed by atoms with Crippen molar-refractivity contribution in [1.29, 1.82) is 0 Å². The second-order valence-electron chi connectivity index (χ2n) is 3.63. The normalized spacial score (nSPS) is 10.2. The first-order chi connectivity index (χ1) is 8.07. The summed E-state index contributed by atoms with van der Waals surface area (Å²) in [7, 11) is -4.69. The summed E-state index contributed by atoms with van der Waals surface area (Å²) in [6, 6.07) is 0.745. The van der Waals surface area contributed by atoms with Gasteiger partial charge in [-0.2, -0.15) is 8.42 Å². The van der Waals surface area contributed by atoms with Crippen LogP contribution in [0.3, 0.4) is 0 Å². The van der Waals surface area contributed by atoms with Crippen LogP contribution in [-0.2, 0) is 10.1 Å². The van der Waals surface area contributed by atoms with Gasteiger partial charge in [-0.05, 0) is 31.0 Å². The Morgan fingerprint density at radius 2 is 1.45 bits per heavy atom. The average molecular weight is 358 g/mol. The SMILES string of the molecule is Cc1c(C(=O)O)cc(S(=O)(=O)O)c(C)c1C(=O)O.[CaH2].[CaH2]. The monoisotopic (exact) mass is 358 g/mol. The molecule has 0 amide bonds. The molecule has 0 bridgehead atoms. The molecule has 0 unspecified atom stereocenters. The molecule has 0 atom stereocenters. The summed E-state index contributed by atoms with van der Waals surface area (Å²) in [6.07, 6.45) is 0. The topological polar surface area (TPSA) is 129 Å². The molecule has 10 heteroatoms. The van der Waals surface area contributed by atoms with Crippen molar-refractivity contribution >= 4 is 97.5 Å². The maximum atomic E-state index is 11.1. The van der Waals surface area contributed by atoms with Crippen molar-refractivity contribution in [2.24, 2.45) is 0 Å². The number of benzene rings is 1. The molecule has 0 aliphatic heterocycles. The van der Waals surface area contributed by atoms with Crippen LogP contribution in [0, 0.1) is 13.8 Å². The number of hydrogen-bond acceptors (Lipinski definition) is 4. The van der Waals surface area contributed by atoms with Gasteiger partial charge in [0.25, 0.3) is 10.1 Å². The number of carboxylic acid groups (broad SMARTS) is 2. The third kappa shape index (κ3) is 4.81. The molecule has 0 aliphatic rings. The van der Waals surface area contributed by atoms with Crippen molar-refractivity contribution in [2.45, 2.75) is 18.7 Å². The first-order valence-electron chi connectivity index (χ1n) is 4.65. The van der Waals surface area contributed by atoms with Crippen LogP contribution in [0.1, 0.15) is 31.8 Å². The van der Waals surface area contributed by atoms with Gasteiger partial charge < -0.3 is 10.2 Å². The predicted molar refractivity (Wildman–Crippen MR) is 76.7 cm³/mol. The summed E-state index contributed by atoms with van der Waals surface area (Å²) in [5.74, 6) is -2.93. The van der Waals surface area contributed by atoms with Crippen molar-refractivity contribution < 1.29 is 32.8 Å². The van der Waals surface area contributed by atoms with Gasteiger partial charge in [-0.15, -0.1) is 0 Å². The molecule has 3 N–H and O–H groups in total. The molecule has 106 valence electrons. The fourth-order valence-corrected chi connectivity index (χ4v) is 2.45. The van der Waals surface area contributed by atoms with Crippen LogP contribution >= 0.6 is 0 Å². The van der Waals surface area contributed by atoms with Gasteiger partial charge in [0.05, 0.1) is 16.0 Å². The zero-order chi connectivity index (χ0) is 14.2. The maximum absolute atomic E-state index is 11.1. The summed E-state index contributed by atoms with van der Waals surface area (Å²) in [5, 5.41) is 17.9. The fourth-order valence-electron chi connectivity index (χ4n) is 1.70. The first kappa shape index (κ1) is 22.9. The Kier molecular flexibility index (Phi) is 9.47. The molecule has 0 aromatic heterocycles. The Hall–Kier alpha value is 0.589. The Balaban J connectivity index is 0. The predicted octanol–water partition coefficient (Wildman–Crippen LogP) is -0.886. The number of aromatic carboxylic acids is 2. The van der Waals surface area contributed by atoms with Crippen LogP contribution in [0.5, 0.6) is 0 Å². The van der Waals surface area contributed by atoms with Gasteiger partial charge >= 0.3 is 87.4 Å². The van der Waals surface area contributed by atoms with Crippen LogP contribution in [0.15, 0.2) is 11.0 Å². The minimum atomic E-state index is -4.69. The van der Waals surface area contributed by atoms with E-state index in [9.17, 15) is 18.0 Å². The molecule has 20 heavy (non-hydrogen) atoms. The Morgan fingerprint density at radius 1 is 1.00 bits per heavy atom. The van der Waals surface area contributed by atoms with Gasteiger partial charge in [0.2, 0.25) is 0 Å². The van der Waals surface area contributed by atoms with E-state index in [0.717, 1.165) is 6.07 Å². The zero-order valence-corrected chi connectivity index (χ0v) is 10.3. The third-order valence-electron chi connectivity index (χ3n) is 2.52. The number of carbonyl (C=O) groups is 2. The Morgan fingerprint density at radius 3 is 1.75 bits per heavy atom. The van der Waals surface area contributed by atoms with E-state index in [1.165, 1.54) is 13.8 Å². The van der Waals surface area contributed by atoms with Crippen LogP contribution < -0.4 is 0 Å². The summed E-state index contributed by atoms with van der Waals surface area (Å²) in [6.45, 7) is 2.44. The zero-order valence-electron chi connectivity index (χ0n) is 9.46. The van der Waals surface area contributed by atoms with Crippen molar-refractivity contribution in [3.63, 3.8) is 0 Å². The molecular formula is C10H14Ca2O7S. The van der Waals surface area contributed by atoms with Crippen molar-refractivity contribution in [1.82, 2.24) is 0 Å². The Bertz CT molecular complexity index is 652. The van der Waals surface area contributed by atoms with E-state index < -0.39 is 38.1 Å². The van der Waals surface area contributed by atoms with E-state index in [0.29, 0.717) is 0 Å². The molecular weight excluding hydrogens is 344 g/mol. The van der Waals surface area contributed by atoms with Crippen LogP contribution in [0.4, 0.5) is 0 Å². The van der Waals surface area contributed by atoms with Gasteiger partial charge in [0, 0.05) is 0 Å². The van der Waals surface area contributed by atoms with E-state index >= 15 is 0 Å². The first-order valence-corrected chi connectivity index (χ1v) is 6.09. The molecule has 0 saturated heterocycles. The second-order valence-corrected chi connectivity index (χ2v) is 5.02. The minimum absolute atomic E-state index is 0. The van der Waals surface area contributed by atoms with Gasteiger partial charge in [-0.3, -0.25) is 4.55 Å². The van der Waals surface area contributed by atoms with Crippen LogP contribution in [-0.4, -0.2) is 111 Å². The molecule has 0 fully saturated rings. The standard InChI is InChI=1S/C10H10O7S.2Ca.4H/c1-4-6(9(11)12)3-7(18(15,16)17)5(2)8(4)10(13)14;;;;;;/h3H,1-2H3,(H,11,12)(H,13,14)(H,15,16,17);;;;;;. The Labute approximate surface area is 175 Å². The van der Waals surface area contributed by atoms with Crippen molar-refractivity contribution in [3.8, 4) is 0 Å². The molecule has 1 aromatic rings. The second kappa shape index (κ2) is 8.28. The van der Waals surface area contributed by atoms with E-state index in [-0.39, 0.29) is 86.6 Å². The molecule has 0 saturated carbocycles. The van der Waals surface area contributed by atoms with E-state index in [2.05, 4.69) is 0 Å². The molecule has 1 aromatic carbocycles. The summed E-state index contributed by atoms with van der Waals surface area (Å²) in [5.41, 5.74) is -1.19. The number of rotatable bonds is 3. The number of carboxylic acids is 2. The molecule has 0 radical (unpaired) electrons. The van der Waals surface area contributed by atoms with E-state index in [4.69, 9.17) is 14.8 Å². The van der Waals surface area contributed by atoms with Crippen molar-refractivity contribution in [2.75, 3.05) is 0 Å². The summed E-state index contributed by atoms with van der Waals surface area (Å²) >= 11 is 0. The fraction of sp³-hybridized carbons (Fsp3) is 0.200. The third-order valence-corrected chi connectivity index (χ3v) is 3.50. The summed E-state index contributed by atoms with van der Waals surface area (Å²) in [4.78, 5) is 21.2. The van der Waals surface area contributed by atoms with Gasteiger partial charge in [-0.25, -0.2) is 9.59 Å². The van der Waals surface area contributed by atoms with Gasteiger partial charge in [-0.1, -0.05) is 0 Å². The molecule has 1 rings (SSSR count). The molecule has 0 spiro atoms. The van der Waals surface area contributed by atoms with Crippen LogP contribution in [0.2, 0.25) is 0 Å². The van der Waals surface area contributed by atoms with Crippen molar-refractivity contribution in [3.05, 3.63) is 28.3 Å². The molecule has 7 nitrogen and oxygen atoms in total.